The van der Waals surface area contributed by atoms with E-state index in [2.05, 4.69) is 22.4 Å². The Hall–Kier alpha value is -3.09. The van der Waals surface area contributed by atoms with Gasteiger partial charge in [0.15, 0.2) is 12.4 Å². The largest absolute Gasteiger partial charge is 0.471 e. The summed E-state index contributed by atoms with van der Waals surface area (Å²) in [6.45, 7) is 2.38. The SMILES string of the molecule is CCc1ccc(OCn2cc(NC(=O)c3ccn(C)n3)cn2)cc1. The van der Waals surface area contributed by atoms with Gasteiger partial charge in [0.2, 0.25) is 0 Å². The molecule has 1 aromatic carbocycles. The zero-order valence-electron chi connectivity index (χ0n) is 13.6. The van der Waals surface area contributed by atoms with Crippen molar-refractivity contribution < 1.29 is 9.53 Å². The van der Waals surface area contributed by atoms with Crippen LogP contribution in [0.15, 0.2) is 48.9 Å². The van der Waals surface area contributed by atoms with Crippen LogP contribution >= 0.6 is 0 Å². The quantitative estimate of drug-likeness (QED) is 0.755. The lowest BCUT2D eigenvalue weighted by atomic mass is 10.2. The average Bonchev–Trinajstić information content (AvgIpc) is 3.22. The number of benzene rings is 1. The normalized spacial score (nSPS) is 10.6. The highest BCUT2D eigenvalue weighted by molar-refractivity contribution is 6.02. The van der Waals surface area contributed by atoms with Crippen molar-refractivity contribution in [2.75, 3.05) is 5.32 Å². The summed E-state index contributed by atoms with van der Waals surface area (Å²) >= 11 is 0. The number of amides is 1. The molecule has 2 aromatic heterocycles. The lowest BCUT2D eigenvalue weighted by Gasteiger charge is -2.06. The Morgan fingerprint density at radius 1 is 1.25 bits per heavy atom. The summed E-state index contributed by atoms with van der Waals surface area (Å²) in [4.78, 5) is 12.0. The zero-order chi connectivity index (χ0) is 16.9. The number of ether oxygens (including phenoxy) is 1. The number of nitrogens with zero attached hydrogens (tertiary/aromatic N) is 4. The fourth-order valence-corrected chi connectivity index (χ4v) is 2.19. The van der Waals surface area contributed by atoms with Crippen molar-refractivity contribution in [3.05, 3.63) is 60.2 Å². The predicted octanol–water partition coefficient (Wildman–Crippen LogP) is 2.47. The number of aromatic nitrogens is 4. The zero-order valence-corrected chi connectivity index (χ0v) is 13.6. The van der Waals surface area contributed by atoms with Crippen LogP contribution in [0.4, 0.5) is 5.69 Å². The van der Waals surface area contributed by atoms with Crippen LogP contribution in [0, 0.1) is 0 Å². The summed E-state index contributed by atoms with van der Waals surface area (Å²) in [6, 6.07) is 9.61. The van der Waals surface area contributed by atoms with Crippen molar-refractivity contribution in [2.45, 2.75) is 20.1 Å². The molecule has 0 unspecified atom stereocenters. The van der Waals surface area contributed by atoms with Gasteiger partial charge in [0.05, 0.1) is 18.1 Å². The van der Waals surface area contributed by atoms with Gasteiger partial charge >= 0.3 is 0 Å². The molecule has 24 heavy (non-hydrogen) atoms. The summed E-state index contributed by atoms with van der Waals surface area (Å²) in [5, 5.41) is 11.0. The Morgan fingerprint density at radius 3 is 2.71 bits per heavy atom. The van der Waals surface area contributed by atoms with Gasteiger partial charge in [-0.3, -0.25) is 9.48 Å². The molecule has 0 saturated heterocycles. The molecule has 0 aliphatic heterocycles. The molecule has 124 valence electrons. The second-order valence-corrected chi connectivity index (χ2v) is 5.37. The third kappa shape index (κ3) is 3.81. The Morgan fingerprint density at radius 2 is 2.04 bits per heavy atom. The monoisotopic (exact) mass is 325 g/mol. The summed E-state index contributed by atoms with van der Waals surface area (Å²) in [5.74, 6) is 0.507. The summed E-state index contributed by atoms with van der Waals surface area (Å²) in [5.41, 5.74) is 2.22. The van der Waals surface area contributed by atoms with E-state index in [0.29, 0.717) is 11.4 Å². The number of hydrogen-bond donors (Lipinski definition) is 1. The molecule has 1 N–H and O–H groups in total. The molecule has 0 fully saturated rings. The fraction of sp³-hybridized carbons (Fsp3) is 0.235. The standard InChI is InChI=1S/C17H19N5O2/c1-3-13-4-6-15(7-5-13)24-12-22-11-14(10-18-22)19-17(23)16-8-9-21(2)20-16/h4-11H,3,12H2,1-2H3,(H,19,23). The van der Waals surface area contributed by atoms with Gasteiger partial charge in [-0.15, -0.1) is 0 Å². The molecule has 0 spiro atoms. The average molecular weight is 325 g/mol. The van der Waals surface area contributed by atoms with Crippen LogP contribution < -0.4 is 10.1 Å². The van der Waals surface area contributed by atoms with Crippen LogP contribution in [0.25, 0.3) is 0 Å². The number of rotatable bonds is 6. The molecular weight excluding hydrogens is 306 g/mol. The van der Waals surface area contributed by atoms with Gasteiger partial charge in [-0.05, 0) is 30.2 Å². The Balaban J connectivity index is 1.56. The van der Waals surface area contributed by atoms with E-state index in [0.717, 1.165) is 12.2 Å². The van der Waals surface area contributed by atoms with E-state index < -0.39 is 0 Å². The van der Waals surface area contributed by atoms with Crippen LogP contribution in [-0.2, 0) is 20.2 Å². The highest BCUT2D eigenvalue weighted by Gasteiger charge is 2.10. The van der Waals surface area contributed by atoms with Gasteiger partial charge in [-0.1, -0.05) is 19.1 Å². The number of hydrogen-bond acceptors (Lipinski definition) is 4. The highest BCUT2D eigenvalue weighted by Crippen LogP contribution is 2.14. The molecule has 1 amide bonds. The molecule has 0 aliphatic carbocycles. The maximum atomic E-state index is 12.0. The number of anilines is 1. The topological polar surface area (TPSA) is 74.0 Å². The van der Waals surface area contributed by atoms with Gasteiger partial charge in [-0.2, -0.15) is 10.2 Å². The Labute approximate surface area is 139 Å². The summed E-state index contributed by atoms with van der Waals surface area (Å²) in [7, 11) is 1.76. The second-order valence-electron chi connectivity index (χ2n) is 5.37. The lowest BCUT2D eigenvalue weighted by Crippen LogP contribution is -2.12. The minimum atomic E-state index is -0.272. The van der Waals surface area contributed by atoms with Crippen molar-refractivity contribution in [3.8, 4) is 5.75 Å². The van der Waals surface area contributed by atoms with Gasteiger partial charge < -0.3 is 10.1 Å². The Bertz CT molecular complexity index is 820. The highest BCUT2D eigenvalue weighted by atomic mass is 16.5. The lowest BCUT2D eigenvalue weighted by molar-refractivity contribution is 0.102. The molecule has 0 aliphatic rings. The first kappa shape index (κ1) is 15.8. The molecule has 0 radical (unpaired) electrons. The van der Waals surface area contributed by atoms with E-state index in [9.17, 15) is 4.79 Å². The molecule has 3 rings (SSSR count). The van der Waals surface area contributed by atoms with Crippen LogP contribution in [0.3, 0.4) is 0 Å². The maximum Gasteiger partial charge on any atom is 0.276 e. The van der Waals surface area contributed by atoms with Crippen molar-refractivity contribution in [1.29, 1.82) is 0 Å². The molecule has 2 heterocycles. The van der Waals surface area contributed by atoms with Gasteiger partial charge in [0, 0.05) is 13.2 Å². The smallest absolute Gasteiger partial charge is 0.276 e. The first-order valence-corrected chi connectivity index (χ1v) is 7.69. The van der Waals surface area contributed by atoms with E-state index in [-0.39, 0.29) is 12.6 Å². The van der Waals surface area contributed by atoms with Gasteiger partial charge in [0.25, 0.3) is 5.91 Å². The summed E-state index contributed by atoms with van der Waals surface area (Å²) in [6.07, 6.45) is 6.00. The number of carbonyl (C=O) groups is 1. The van der Waals surface area contributed by atoms with Gasteiger partial charge in [0.1, 0.15) is 5.75 Å². The molecule has 3 aromatic rings. The van der Waals surface area contributed by atoms with E-state index in [1.165, 1.54) is 5.56 Å². The second kappa shape index (κ2) is 6.99. The molecule has 0 atom stereocenters. The van der Waals surface area contributed by atoms with Crippen LogP contribution in [0.5, 0.6) is 5.75 Å². The molecule has 7 nitrogen and oxygen atoms in total. The molecular formula is C17H19N5O2. The van der Waals surface area contributed by atoms with E-state index in [1.54, 1.807) is 41.1 Å². The predicted molar refractivity (Wildman–Crippen MR) is 89.8 cm³/mol. The maximum absolute atomic E-state index is 12.0. The first-order valence-electron chi connectivity index (χ1n) is 7.69. The molecule has 0 saturated carbocycles. The van der Waals surface area contributed by atoms with Crippen molar-refractivity contribution in [1.82, 2.24) is 19.6 Å². The van der Waals surface area contributed by atoms with E-state index in [4.69, 9.17) is 4.74 Å². The van der Waals surface area contributed by atoms with Crippen molar-refractivity contribution in [3.63, 3.8) is 0 Å². The first-order chi connectivity index (χ1) is 11.6. The van der Waals surface area contributed by atoms with Crippen LogP contribution in [-0.4, -0.2) is 25.5 Å². The molecule has 7 heteroatoms. The third-order valence-electron chi connectivity index (χ3n) is 3.53. The van der Waals surface area contributed by atoms with Crippen molar-refractivity contribution in [2.24, 2.45) is 7.05 Å². The third-order valence-corrected chi connectivity index (χ3v) is 3.53. The molecule has 0 bridgehead atoms. The van der Waals surface area contributed by atoms with Crippen LogP contribution in [0.2, 0.25) is 0 Å². The van der Waals surface area contributed by atoms with E-state index in [1.807, 2.05) is 24.3 Å². The minimum Gasteiger partial charge on any atom is -0.471 e. The number of nitrogens with one attached hydrogen (secondary N) is 1. The van der Waals surface area contributed by atoms with Crippen molar-refractivity contribution >= 4 is 11.6 Å². The van der Waals surface area contributed by atoms with Crippen LogP contribution in [0.1, 0.15) is 23.0 Å². The Kier molecular flexibility index (Phi) is 4.60. The fourth-order valence-electron chi connectivity index (χ4n) is 2.19. The van der Waals surface area contributed by atoms with E-state index >= 15 is 0 Å². The number of carbonyl (C=O) groups excluding carboxylic acids is 1. The summed E-state index contributed by atoms with van der Waals surface area (Å²) < 4.78 is 8.86. The van der Waals surface area contributed by atoms with Gasteiger partial charge in [-0.25, -0.2) is 4.68 Å². The minimum absolute atomic E-state index is 0.269. The number of aryl methyl sites for hydroxylation is 2.